The number of halogens is 1. The Hall–Kier alpha value is 0.397. The summed E-state index contributed by atoms with van der Waals surface area (Å²) in [6.07, 6.45) is 1.62. The summed E-state index contributed by atoms with van der Waals surface area (Å²) < 4.78 is 0. The van der Waals surface area contributed by atoms with Crippen molar-refractivity contribution in [3.05, 3.63) is 12.7 Å². The van der Waals surface area contributed by atoms with Gasteiger partial charge < -0.3 is 5.11 Å². The molecular formula is C8H17BrOSi. The van der Waals surface area contributed by atoms with Gasteiger partial charge in [-0.3, -0.25) is 0 Å². The summed E-state index contributed by atoms with van der Waals surface area (Å²) >= 11 is 3.27. The fourth-order valence-corrected chi connectivity index (χ4v) is 3.91. The van der Waals surface area contributed by atoms with Gasteiger partial charge in [0.25, 0.3) is 0 Å². The Bertz CT molecular complexity index is 131. The Morgan fingerprint density at radius 1 is 1.55 bits per heavy atom. The van der Waals surface area contributed by atoms with Gasteiger partial charge in [-0.25, -0.2) is 0 Å². The van der Waals surface area contributed by atoms with Crippen LogP contribution in [0.2, 0.25) is 25.2 Å². The smallest absolute Gasteiger partial charge is 0.0675 e. The van der Waals surface area contributed by atoms with Gasteiger partial charge in [-0.05, 0) is 5.54 Å². The van der Waals surface area contributed by atoms with Gasteiger partial charge in [0.1, 0.15) is 0 Å². The van der Waals surface area contributed by atoms with Gasteiger partial charge in [0.05, 0.1) is 14.2 Å². The lowest BCUT2D eigenvalue weighted by molar-refractivity contribution is 0.202. The van der Waals surface area contributed by atoms with Gasteiger partial charge in [0.15, 0.2) is 0 Å². The lowest BCUT2D eigenvalue weighted by Crippen LogP contribution is -2.35. The number of rotatable bonds is 4. The van der Waals surface area contributed by atoms with Crippen LogP contribution >= 0.6 is 15.9 Å². The summed E-state index contributed by atoms with van der Waals surface area (Å²) in [4.78, 5) is 0. The van der Waals surface area contributed by atoms with Crippen LogP contribution in [0.1, 0.15) is 0 Å². The van der Waals surface area contributed by atoms with Crippen LogP contribution in [0.3, 0.4) is 0 Å². The molecule has 0 aliphatic carbocycles. The van der Waals surface area contributed by atoms with E-state index in [1.807, 2.05) is 6.08 Å². The van der Waals surface area contributed by atoms with Crippen LogP contribution in [-0.2, 0) is 0 Å². The maximum atomic E-state index is 9.57. The number of hydrogen-bond acceptors (Lipinski definition) is 1. The van der Waals surface area contributed by atoms with Gasteiger partial charge in [-0.15, -0.1) is 6.58 Å². The monoisotopic (exact) mass is 236 g/mol. The Morgan fingerprint density at radius 3 is 2.09 bits per heavy atom. The Morgan fingerprint density at radius 2 is 2.00 bits per heavy atom. The fraction of sp³-hybridized carbons (Fsp3) is 0.750. The molecule has 0 aliphatic rings. The molecular weight excluding hydrogens is 220 g/mol. The van der Waals surface area contributed by atoms with Gasteiger partial charge >= 0.3 is 0 Å². The molecule has 0 aromatic heterocycles. The van der Waals surface area contributed by atoms with Crippen molar-refractivity contribution in [2.45, 2.75) is 31.3 Å². The molecule has 3 heteroatoms. The molecule has 66 valence electrons. The molecule has 0 aromatic rings. The topological polar surface area (TPSA) is 20.2 Å². The standard InChI is InChI=1S/C8H17BrOSi/c1-5-8(7(10)6-9)11(2,3)4/h5,7-8,10H,1,6H2,2-4H3/t7-,8+/m1/s1. The van der Waals surface area contributed by atoms with E-state index in [9.17, 15) is 5.11 Å². The molecule has 0 saturated heterocycles. The van der Waals surface area contributed by atoms with Crippen molar-refractivity contribution >= 4 is 24.0 Å². The first kappa shape index (κ1) is 11.4. The molecule has 1 nitrogen and oxygen atoms in total. The number of aliphatic hydroxyl groups excluding tert-OH is 1. The van der Waals surface area contributed by atoms with Crippen molar-refractivity contribution in [2.24, 2.45) is 0 Å². The van der Waals surface area contributed by atoms with Gasteiger partial charge in [0, 0.05) is 5.33 Å². The van der Waals surface area contributed by atoms with Crippen molar-refractivity contribution in [3.63, 3.8) is 0 Å². The molecule has 1 N–H and O–H groups in total. The first-order chi connectivity index (χ1) is 4.93. The largest absolute Gasteiger partial charge is 0.392 e. The Labute approximate surface area is 78.6 Å². The highest BCUT2D eigenvalue weighted by molar-refractivity contribution is 9.09. The molecule has 0 radical (unpaired) electrons. The molecule has 0 fully saturated rings. The van der Waals surface area contributed by atoms with Crippen molar-refractivity contribution in [3.8, 4) is 0 Å². The third kappa shape index (κ3) is 3.54. The van der Waals surface area contributed by atoms with Gasteiger partial charge in [-0.2, -0.15) is 0 Å². The second-order valence-corrected chi connectivity index (χ2v) is 9.90. The number of aliphatic hydroxyl groups is 1. The molecule has 11 heavy (non-hydrogen) atoms. The summed E-state index contributed by atoms with van der Waals surface area (Å²) in [5.41, 5.74) is 0.293. The minimum Gasteiger partial charge on any atom is -0.392 e. The molecule has 0 amide bonds. The van der Waals surface area contributed by atoms with E-state index < -0.39 is 8.07 Å². The zero-order valence-electron chi connectivity index (χ0n) is 7.47. The SMILES string of the molecule is C=C[C@@H]([C@H](O)CBr)[Si](C)(C)C. The second kappa shape index (κ2) is 4.43. The van der Waals surface area contributed by atoms with Crippen LogP contribution in [0, 0.1) is 0 Å². The molecule has 0 unspecified atom stereocenters. The molecule has 0 aromatic carbocycles. The Balaban J connectivity index is 4.28. The third-order valence-corrected chi connectivity index (χ3v) is 5.11. The summed E-state index contributed by atoms with van der Waals surface area (Å²) in [7, 11) is -1.27. The first-order valence-corrected chi connectivity index (χ1v) is 8.50. The van der Waals surface area contributed by atoms with Crippen molar-refractivity contribution in [1.29, 1.82) is 0 Å². The molecule has 0 spiro atoms. The van der Waals surface area contributed by atoms with E-state index in [2.05, 4.69) is 42.1 Å². The summed E-state index contributed by atoms with van der Waals surface area (Å²) in [5, 5.41) is 10.2. The van der Waals surface area contributed by atoms with Crippen molar-refractivity contribution < 1.29 is 5.11 Å². The number of alkyl halides is 1. The van der Waals surface area contributed by atoms with E-state index in [-0.39, 0.29) is 6.10 Å². The van der Waals surface area contributed by atoms with Crippen LogP contribution in [-0.4, -0.2) is 24.6 Å². The maximum Gasteiger partial charge on any atom is 0.0675 e. The van der Waals surface area contributed by atoms with E-state index >= 15 is 0 Å². The highest BCUT2D eigenvalue weighted by Gasteiger charge is 2.29. The molecule has 0 rings (SSSR count). The minimum absolute atomic E-state index is 0.265. The van der Waals surface area contributed by atoms with E-state index in [1.54, 1.807) is 0 Å². The fourth-order valence-electron chi connectivity index (χ4n) is 1.18. The molecule has 0 saturated carbocycles. The van der Waals surface area contributed by atoms with Gasteiger partial charge in [0.2, 0.25) is 0 Å². The first-order valence-electron chi connectivity index (χ1n) is 3.80. The minimum atomic E-state index is -1.27. The van der Waals surface area contributed by atoms with Crippen LogP contribution in [0.25, 0.3) is 0 Å². The van der Waals surface area contributed by atoms with Crippen LogP contribution < -0.4 is 0 Å². The van der Waals surface area contributed by atoms with Crippen molar-refractivity contribution in [1.82, 2.24) is 0 Å². The lowest BCUT2D eigenvalue weighted by atomic mass is 10.3. The van der Waals surface area contributed by atoms with E-state index in [4.69, 9.17) is 0 Å². The van der Waals surface area contributed by atoms with E-state index in [1.165, 1.54) is 0 Å². The summed E-state index contributed by atoms with van der Waals surface area (Å²) in [6.45, 7) is 10.5. The highest BCUT2D eigenvalue weighted by Crippen LogP contribution is 2.27. The average molecular weight is 237 g/mol. The average Bonchev–Trinajstić information content (AvgIpc) is 1.86. The summed E-state index contributed by atoms with van der Waals surface area (Å²) in [6, 6.07) is 0. The molecule has 0 bridgehead atoms. The number of hydrogen-bond donors (Lipinski definition) is 1. The lowest BCUT2D eigenvalue weighted by Gasteiger charge is -2.29. The third-order valence-electron chi connectivity index (χ3n) is 1.83. The van der Waals surface area contributed by atoms with Crippen molar-refractivity contribution in [2.75, 3.05) is 5.33 Å². The van der Waals surface area contributed by atoms with E-state index in [0.29, 0.717) is 10.9 Å². The second-order valence-electron chi connectivity index (χ2n) is 3.85. The van der Waals surface area contributed by atoms with E-state index in [0.717, 1.165) is 0 Å². The van der Waals surface area contributed by atoms with Crippen LogP contribution in [0.5, 0.6) is 0 Å². The highest BCUT2D eigenvalue weighted by atomic mass is 79.9. The molecule has 2 atom stereocenters. The van der Waals surface area contributed by atoms with Crippen LogP contribution in [0.4, 0.5) is 0 Å². The quantitative estimate of drug-likeness (QED) is 0.452. The molecule has 0 aliphatic heterocycles. The zero-order valence-corrected chi connectivity index (χ0v) is 10.1. The molecule has 0 heterocycles. The Kier molecular flexibility index (Phi) is 4.59. The summed E-state index contributed by atoms with van der Waals surface area (Å²) in [5.74, 6) is 0. The predicted molar refractivity (Wildman–Crippen MR) is 57.1 cm³/mol. The maximum absolute atomic E-state index is 9.57. The normalized spacial score (nSPS) is 17.5. The van der Waals surface area contributed by atoms with Crippen LogP contribution in [0.15, 0.2) is 12.7 Å². The predicted octanol–water partition coefficient (Wildman–Crippen LogP) is 2.64. The zero-order chi connectivity index (χ0) is 9.07. The van der Waals surface area contributed by atoms with Gasteiger partial charge in [-0.1, -0.05) is 41.6 Å².